The van der Waals surface area contributed by atoms with Crippen LogP contribution in [0.15, 0.2) is 71.9 Å². The van der Waals surface area contributed by atoms with Crippen LogP contribution in [0.3, 0.4) is 0 Å². The third kappa shape index (κ3) is 4.12. The molecule has 1 heterocycles. The molecule has 1 aromatic heterocycles. The SMILES string of the molecule is COc1ccccc1-c1nnc(SCc2cc(C)ccc2C)n1-c1ccc(C)cc1. The van der Waals surface area contributed by atoms with Gasteiger partial charge in [-0.05, 0) is 56.2 Å². The predicted octanol–water partition coefficient (Wildman–Crippen LogP) is 6.16. The maximum absolute atomic E-state index is 5.59. The van der Waals surface area contributed by atoms with Gasteiger partial charge in [0.05, 0.1) is 12.7 Å². The first-order chi connectivity index (χ1) is 14.6. The zero-order valence-corrected chi connectivity index (χ0v) is 18.5. The molecule has 0 fully saturated rings. The quantitative estimate of drug-likeness (QED) is 0.354. The number of thioether (sulfide) groups is 1. The van der Waals surface area contributed by atoms with Gasteiger partial charge in [0.2, 0.25) is 0 Å². The van der Waals surface area contributed by atoms with Gasteiger partial charge in [0.1, 0.15) is 5.75 Å². The molecule has 4 aromatic rings. The number of aromatic nitrogens is 3. The molecule has 0 saturated carbocycles. The highest BCUT2D eigenvalue weighted by atomic mass is 32.2. The van der Waals surface area contributed by atoms with Crippen LogP contribution >= 0.6 is 11.8 Å². The number of hydrogen-bond donors (Lipinski definition) is 0. The summed E-state index contributed by atoms with van der Waals surface area (Å²) in [5.41, 5.74) is 7.06. The van der Waals surface area contributed by atoms with Crippen LogP contribution < -0.4 is 4.74 Å². The second kappa shape index (κ2) is 8.76. The topological polar surface area (TPSA) is 39.9 Å². The van der Waals surface area contributed by atoms with Crippen LogP contribution in [-0.4, -0.2) is 21.9 Å². The molecule has 0 aliphatic heterocycles. The fourth-order valence-corrected chi connectivity index (χ4v) is 4.41. The minimum absolute atomic E-state index is 0.778. The Morgan fingerprint density at radius 2 is 1.60 bits per heavy atom. The van der Waals surface area contributed by atoms with E-state index in [1.807, 2.05) is 24.3 Å². The van der Waals surface area contributed by atoms with Crippen LogP contribution in [0.4, 0.5) is 0 Å². The van der Waals surface area contributed by atoms with E-state index in [-0.39, 0.29) is 0 Å². The van der Waals surface area contributed by atoms with Gasteiger partial charge in [0.25, 0.3) is 0 Å². The van der Waals surface area contributed by atoms with Crippen molar-refractivity contribution >= 4 is 11.8 Å². The first-order valence-electron chi connectivity index (χ1n) is 9.91. The zero-order valence-electron chi connectivity index (χ0n) is 17.7. The highest BCUT2D eigenvalue weighted by Crippen LogP contribution is 2.34. The molecule has 4 rings (SSSR count). The molecule has 0 saturated heterocycles. The molecule has 0 aliphatic rings. The lowest BCUT2D eigenvalue weighted by Crippen LogP contribution is -2.01. The molecule has 152 valence electrons. The van der Waals surface area contributed by atoms with E-state index >= 15 is 0 Å². The van der Waals surface area contributed by atoms with Crippen molar-refractivity contribution in [3.8, 4) is 22.8 Å². The van der Waals surface area contributed by atoms with Crippen LogP contribution in [0.2, 0.25) is 0 Å². The summed E-state index contributed by atoms with van der Waals surface area (Å²) in [6.45, 7) is 6.37. The third-order valence-corrected chi connectivity index (χ3v) is 6.11. The normalized spacial score (nSPS) is 10.9. The Morgan fingerprint density at radius 3 is 2.37 bits per heavy atom. The first kappa shape index (κ1) is 20.2. The molecule has 0 radical (unpaired) electrons. The van der Waals surface area contributed by atoms with Gasteiger partial charge in [-0.15, -0.1) is 10.2 Å². The minimum Gasteiger partial charge on any atom is -0.496 e. The minimum atomic E-state index is 0.778. The third-order valence-electron chi connectivity index (χ3n) is 5.13. The van der Waals surface area contributed by atoms with Crippen LogP contribution in [0.1, 0.15) is 22.3 Å². The van der Waals surface area contributed by atoms with Crippen LogP contribution in [0.5, 0.6) is 5.75 Å². The fourth-order valence-electron chi connectivity index (χ4n) is 3.39. The molecule has 3 aromatic carbocycles. The Morgan fingerprint density at radius 1 is 0.867 bits per heavy atom. The van der Waals surface area contributed by atoms with E-state index in [9.17, 15) is 0 Å². The molecular weight excluding hydrogens is 390 g/mol. The molecular formula is C25H25N3OS. The van der Waals surface area contributed by atoms with Gasteiger partial charge in [-0.1, -0.05) is 65.4 Å². The Labute approximate surface area is 181 Å². The summed E-state index contributed by atoms with van der Waals surface area (Å²) < 4.78 is 7.71. The second-order valence-corrected chi connectivity index (χ2v) is 8.34. The summed E-state index contributed by atoms with van der Waals surface area (Å²) >= 11 is 1.70. The van der Waals surface area contributed by atoms with Crippen LogP contribution in [0, 0.1) is 20.8 Å². The number of nitrogens with zero attached hydrogens (tertiary/aromatic N) is 3. The highest BCUT2D eigenvalue weighted by Gasteiger charge is 2.19. The van der Waals surface area contributed by atoms with Gasteiger partial charge in [0.15, 0.2) is 11.0 Å². The average Bonchev–Trinajstić information content (AvgIpc) is 3.18. The van der Waals surface area contributed by atoms with Gasteiger partial charge in [-0.2, -0.15) is 0 Å². The molecule has 0 aliphatic carbocycles. The van der Waals surface area contributed by atoms with Gasteiger partial charge in [0, 0.05) is 11.4 Å². The maximum Gasteiger partial charge on any atom is 0.196 e. The molecule has 0 spiro atoms. The number of benzene rings is 3. The molecule has 0 atom stereocenters. The van der Waals surface area contributed by atoms with Gasteiger partial charge in [-0.3, -0.25) is 4.57 Å². The number of hydrogen-bond acceptors (Lipinski definition) is 4. The molecule has 0 bridgehead atoms. The lowest BCUT2D eigenvalue weighted by atomic mass is 10.1. The second-order valence-electron chi connectivity index (χ2n) is 7.40. The molecule has 0 amide bonds. The van der Waals surface area contributed by atoms with Gasteiger partial charge in [-0.25, -0.2) is 0 Å². The number of ether oxygens (including phenoxy) is 1. The van der Waals surface area contributed by atoms with Crippen molar-refractivity contribution in [1.82, 2.24) is 14.8 Å². The van der Waals surface area contributed by atoms with E-state index in [1.165, 1.54) is 22.3 Å². The van der Waals surface area contributed by atoms with Crippen molar-refractivity contribution in [3.05, 3.63) is 89.0 Å². The van der Waals surface area contributed by atoms with E-state index in [4.69, 9.17) is 4.74 Å². The van der Waals surface area contributed by atoms with E-state index in [0.717, 1.165) is 33.7 Å². The van der Waals surface area contributed by atoms with E-state index in [2.05, 4.69) is 78.0 Å². The largest absolute Gasteiger partial charge is 0.496 e. The lowest BCUT2D eigenvalue weighted by molar-refractivity contribution is 0.416. The van der Waals surface area contributed by atoms with E-state index in [1.54, 1.807) is 18.9 Å². The molecule has 30 heavy (non-hydrogen) atoms. The average molecular weight is 416 g/mol. The van der Waals surface area contributed by atoms with Crippen LogP contribution in [0.25, 0.3) is 17.1 Å². The van der Waals surface area contributed by atoms with Crippen molar-refractivity contribution in [1.29, 1.82) is 0 Å². The summed E-state index contributed by atoms with van der Waals surface area (Å²) in [5.74, 6) is 2.40. The van der Waals surface area contributed by atoms with Crippen molar-refractivity contribution in [2.24, 2.45) is 0 Å². The van der Waals surface area contributed by atoms with Crippen LogP contribution in [-0.2, 0) is 5.75 Å². The van der Waals surface area contributed by atoms with Crippen molar-refractivity contribution < 1.29 is 4.74 Å². The zero-order chi connectivity index (χ0) is 21.1. The number of methoxy groups -OCH3 is 1. The van der Waals surface area contributed by atoms with Crippen molar-refractivity contribution in [2.75, 3.05) is 7.11 Å². The summed E-state index contributed by atoms with van der Waals surface area (Å²) in [6, 6.07) is 22.9. The molecule has 5 heteroatoms. The summed E-state index contributed by atoms with van der Waals surface area (Å²) in [4.78, 5) is 0. The van der Waals surface area contributed by atoms with Crippen molar-refractivity contribution in [2.45, 2.75) is 31.7 Å². The Balaban J connectivity index is 1.78. The highest BCUT2D eigenvalue weighted by molar-refractivity contribution is 7.98. The molecule has 0 unspecified atom stereocenters. The van der Waals surface area contributed by atoms with E-state index < -0.39 is 0 Å². The first-order valence-corrected chi connectivity index (χ1v) is 10.9. The number of aryl methyl sites for hydroxylation is 3. The lowest BCUT2D eigenvalue weighted by Gasteiger charge is -2.13. The van der Waals surface area contributed by atoms with Crippen molar-refractivity contribution in [3.63, 3.8) is 0 Å². The maximum atomic E-state index is 5.59. The molecule has 0 N–H and O–H groups in total. The monoisotopic (exact) mass is 415 g/mol. The number of rotatable bonds is 6. The number of para-hydroxylation sites is 1. The van der Waals surface area contributed by atoms with E-state index in [0.29, 0.717) is 0 Å². The fraction of sp³-hybridized carbons (Fsp3) is 0.200. The predicted molar refractivity (Wildman–Crippen MR) is 124 cm³/mol. The Kier molecular flexibility index (Phi) is 5.91. The summed E-state index contributed by atoms with van der Waals surface area (Å²) in [6.07, 6.45) is 0. The van der Waals surface area contributed by atoms with Gasteiger partial charge >= 0.3 is 0 Å². The molecule has 4 nitrogen and oxygen atoms in total. The standard InChI is InChI=1S/C25H25N3OS/c1-17-10-13-21(14-11-17)28-24(22-7-5-6-8-23(22)29-4)26-27-25(28)30-16-20-15-18(2)9-12-19(20)3/h5-15H,16H2,1-4H3. The summed E-state index contributed by atoms with van der Waals surface area (Å²) in [7, 11) is 1.68. The Bertz CT molecular complexity index is 1170. The Hall–Kier alpha value is -3.05. The van der Waals surface area contributed by atoms with Gasteiger partial charge < -0.3 is 4.74 Å². The smallest absolute Gasteiger partial charge is 0.196 e. The summed E-state index contributed by atoms with van der Waals surface area (Å²) in [5, 5.41) is 9.97.